The van der Waals surface area contributed by atoms with Crippen LogP contribution < -0.4 is 19.1 Å². The predicted octanol–water partition coefficient (Wildman–Crippen LogP) is 4.54. The van der Waals surface area contributed by atoms with E-state index >= 15 is 0 Å². The molecule has 1 aromatic carbocycles. The Morgan fingerprint density at radius 3 is 2.30 bits per heavy atom. The van der Waals surface area contributed by atoms with Crippen molar-refractivity contribution in [2.24, 2.45) is 23.2 Å². The third-order valence-electron chi connectivity index (χ3n) is 10.5. The Bertz CT molecular complexity index is 1670. The van der Waals surface area contributed by atoms with Gasteiger partial charge in [0.1, 0.15) is 11.5 Å². The van der Waals surface area contributed by atoms with E-state index in [1.807, 2.05) is 25.3 Å². The van der Waals surface area contributed by atoms with E-state index in [0.29, 0.717) is 30.2 Å². The number of amides is 1. The number of anilines is 1. The number of rotatable bonds is 11. The minimum Gasteiger partial charge on any atom is -0.496 e. The summed E-state index contributed by atoms with van der Waals surface area (Å²) < 4.78 is 39.9. The van der Waals surface area contributed by atoms with Crippen molar-refractivity contribution in [3.8, 4) is 22.6 Å². The van der Waals surface area contributed by atoms with Crippen molar-refractivity contribution in [1.82, 2.24) is 24.8 Å². The van der Waals surface area contributed by atoms with E-state index in [9.17, 15) is 13.2 Å². The molecule has 1 N–H and O–H groups in total. The van der Waals surface area contributed by atoms with Gasteiger partial charge in [0.05, 0.1) is 25.7 Å². The van der Waals surface area contributed by atoms with E-state index in [4.69, 9.17) is 9.47 Å². The molecule has 2 aromatic heterocycles. The van der Waals surface area contributed by atoms with Gasteiger partial charge in [0.25, 0.3) is 5.91 Å². The average Bonchev–Trinajstić information content (AvgIpc) is 3.04. The second kappa shape index (κ2) is 13.0. The summed E-state index contributed by atoms with van der Waals surface area (Å²) in [4.78, 5) is 21.7. The van der Waals surface area contributed by atoms with E-state index in [1.54, 1.807) is 25.4 Å². The van der Waals surface area contributed by atoms with Crippen molar-refractivity contribution in [3.05, 3.63) is 60.0 Å². The summed E-state index contributed by atoms with van der Waals surface area (Å²) in [6.07, 6.45) is 10.2. The van der Waals surface area contributed by atoms with Crippen LogP contribution in [0.15, 0.2) is 48.8 Å². The third-order valence-corrected chi connectivity index (χ3v) is 12.0. The zero-order valence-electron chi connectivity index (χ0n) is 27.2. The van der Waals surface area contributed by atoms with Crippen LogP contribution in [0.1, 0.15) is 61.5 Å². The highest BCUT2D eigenvalue weighted by Crippen LogP contribution is 2.60. The lowest BCUT2D eigenvalue weighted by Crippen LogP contribution is -2.51. The van der Waals surface area contributed by atoms with Crippen LogP contribution in [0.3, 0.4) is 0 Å². The van der Waals surface area contributed by atoms with E-state index in [-0.39, 0.29) is 16.9 Å². The molecule has 250 valence electrons. The molecular formula is C35H44N6O5S. The molecule has 0 unspecified atom stereocenters. The van der Waals surface area contributed by atoms with Gasteiger partial charge in [0, 0.05) is 50.0 Å². The first-order valence-corrected chi connectivity index (χ1v) is 18.5. The molecule has 1 saturated heterocycles. The summed E-state index contributed by atoms with van der Waals surface area (Å²) >= 11 is 0. The number of benzene rings is 1. The zero-order valence-corrected chi connectivity index (χ0v) is 28.0. The number of ether oxygens (including phenoxy) is 2. The van der Waals surface area contributed by atoms with Gasteiger partial charge in [-0.15, -0.1) is 10.2 Å². The molecule has 0 atom stereocenters. The van der Waals surface area contributed by atoms with E-state index < -0.39 is 15.9 Å². The lowest BCUT2D eigenvalue weighted by molar-refractivity contribution is -0.0391. The van der Waals surface area contributed by atoms with E-state index in [1.165, 1.54) is 19.3 Å². The number of pyridine rings is 1. The fourth-order valence-electron chi connectivity index (χ4n) is 8.97. The molecule has 4 bridgehead atoms. The molecule has 0 radical (unpaired) electrons. The predicted molar refractivity (Wildman–Crippen MR) is 179 cm³/mol. The molecule has 4 aliphatic carbocycles. The largest absolute Gasteiger partial charge is 0.496 e. The van der Waals surface area contributed by atoms with E-state index in [0.717, 1.165) is 80.2 Å². The van der Waals surface area contributed by atoms with Gasteiger partial charge in [-0.25, -0.2) is 13.1 Å². The number of piperazine rings is 1. The fraction of sp³-hybridized carbons (Fsp3) is 0.543. The standard InChI is InChI=1S/C35H44N6O5S/c1-3-46-30-15-29(20-36-21-30)27-4-5-28(32(16-27)45-2)22-40-8-10-41(11-9-40)33-7-6-31(37-38-33)34(42)39-47(43,44)23-35-17-24-12-25(18-35)14-26(13-24)19-35/h4-7,15-16,20-21,24-26H,3,8-14,17-19,22-23H2,1-2H3,(H,39,42). The van der Waals surface area contributed by atoms with E-state index in [2.05, 4.69) is 41.8 Å². The van der Waals surface area contributed by atoms with Crippen LogP contribution in [0.4, 0.5) is 5.82 Å². The monoisotopic (exact) mass is 660 g/mol. The number of nitrogens with one attached hydrogen (secondary N) is 1. The SMILES string of the molecule is CCOc1cncc(-c2ccc(CN3CCN(c4ccc(C(=O)NS(=O)(=O)CC56CC7CC(CC(C7)C5)C6)nn4)CC3)c(OC)c2)c1. The first-order chi connectivity index (χ1) is 22.7. The molecule has 47 heavy (non-hydrogen) atoms. The normalized spacial score (nSPS) is 25.5. The van der Waals surface area contributed by atoms with Crippen molar-refractivity contribution in [2.75, 3.05) is 50.5 Å². The molecule has 1 amide bonds. The number of methoxy groups -OCH3 is 1. The lowest BCUT2D eigenvalue weighted by Gasteiger charge is -2.56. The van der Waals surface area contributed by atoms with Crippen LogP contribution in [0.25, 0.3) is 11.1 Å². The van der Waals surface area contributed by atoms with Crippen LogP contribution in [-0.2, 0) is 16.6 Å². The molecule has 3 heterocycles. The first-order valence-electron chi connectivity index (χ1n) is 16.8. The van der Waals surface area contributed by atoms with Crippen molar-refractivity contribution in [2.45, 2.75) is 52.0 Å². The molecule has 3 aromatic rings. The summed E-state index contributed by atoms with van der Waals surface area (Å²) in [6.45, 7) is 6.41. The third kappa shape index (κ3) is 7.08. The van der Waals surface area contributed by atoms with Gasteiger partial charge in [0.15, 0.2) is 11.5 Å². The van der Waals surface area contributed by atoms with Crippen molar-refractivity contribution >= 4 is 21.7 Å². The Morgan fingerprint density at radius 1 is 0.936 bits per heavy atom. The Morgan fingerprint density at radius 2 is 1.66 bits per heavy atom. The number of carbonyl (C=O) groups is 1. The summed E-state index contributed by atoms with van der Waals surface area (Å²) in [5.74, 6) is 3.50. The van der Waals surface area contributed by atoms with Crippen molar-refractivity contribution in [1.29, 1.82) is 0 Å². The molecule has 5 aliphatic rings. The molecule has 5 fully saturated rings. The average molecular weight is 661 g/mol. The number of sulfonamides is 1. The Labute approximate surface area is 277 Å². The summed E-state index contributed by atoms with van der Waals surface area (Å²) in [5, 5.41) is 8.41. The topological polar surface area (TPSA) is 127 Å². The lowest BCUT2D eigenvalue weighted by atomic mass is 9.50. The smallest absolute Gasteiger partial charge is 0.285 e. The zero-order chi connectivity index (χ0) is 32.6. The van der Waals surface area contributed by atoms with Gasteiger partial charge in [-0.2, -0.15) is 0 Å². The van der Waals surface area contributed by atoms with Gasteiger partial charge >= 0.3 is 0 Å². The van der Waals surface area contributed by atoms with Crippen LogP contribution in [0, 0.1) is 23.2 Å². The molecule has 12 heteroatoms. The fourth-order valence-corrected chi connectivity index (χ4v) is 10.6. The highest BCUT2D eigenvalue weighted by molar-refractivity contribution is 7.90. The van der Waals surface area contributed by atoms with Crippen molar-refractivity contribution in [3.63, 3.8) is 0 Å². The van der Waals surface area contributed by atoms with Gasteiger partial charge in [-0.3, -0.25) is 14.7 Å². The maximum absolute atomic E-state index is 13.1. The molecule has 11 nitrogen and oxygen atoms in total. The summed E-state index contributed by atoms with van der Waals surface area (Å²) in [6, 6.07) is 11.5. The molecule has 0 spiro atoms. The Hall–Kier alpha value is -3.77. The minimum atomic E-state index is -3.78. The van der Waals surface area contributed by atoms with Crippen LogP contribution in [0.5, 0.6) is 11.5 Å². The quantitative estimate of drug-likeness (QED) is 0.313. The molecule has 1 aliphatic heterocycles. The Balaban J connectivity index is 0.921. The van der Waals surface area contributed by atoms with Gasteiger partial charge in [-0.05, 0) is 98.4 Å². The second-order valence-electron chi connectivity index (χ2n) is 14.0. The van der Waals surface area contributed by atoms with Crippen LogP contribution in [-0.4, -0.2) is 80.1 Å². The molecule has 8 rings (SSSR count). The highest BCUT2D eigenvalue weighted by Gasteiger charge is 2.52. The summed E-state index contributed by atoms with van der Waals surface area (Å²) in [5.41, 5.74) is 2.92. The van der Waals surface area contributed by atoms with Crippen LogP contribution >= 0.6 is 0 Å². The van der Waals surface area contributed by atoms with Crippen molar-refractivity contribution < 1.29 is 22.7 Å². The van der Waals surface area contributed by atoms with Gasteiger partial charge in [-0.1, -0.05) is 12.1 Å². The first kappa shape index (κ1) is 31.8. The van der Waals surface area contributed by atoms with Gasteiger partial charge < -0.3 is 14.4 Å². The highest BCUT2D eigenvalue weighted by atomic mass is 32.2. The number of nitrogens with zero attached hydrogens (tertiary/aromatic N) is 5. The second-order valence-corrected chi connectivity index (χ2v) is 15.7. The number of carbonyl (C=O) groups excluding carboxylic acids is 1. The number of aromatic nitrogens is 3. The van der Waals surface area contributed by atoms with Gasteiger partial charge in [0.2, 0.25) is 10.0 Å². The minimum absolute atomic E-state index is 0.0115. The number of hydrogen-bond acceptors (Lipinski definition) is 10. The maximum Gasteiger partial charge on any atom is 0.285 e. The van der Waals surface area contributed by atoms with Crippen LogP contribution in [0.2, 0.25) is 0 Å². The maximum atomic E-state index is 13.1. The Kier molecular flexibility index (Phi) is 8.82. The number of hydrogen-bond donors (Lipinski definition) is 1. The summed E-state index contributed by atoms with van der Waals surface area (Å²) in [7, 11) is -2.09. The molecular weight excluding hydrogens is 616 g/mol. The molecule has 4 saturated carbocycles.